The minimum absolute atomic E-state index is 0.735. The lowest BCUT2D eigenvalue weighted by Gasteiger charge is -2.04. The summed E-state index contributed by atoms with van der Waals surface area (Å²) in [5.41, 5.74) is 6.52. The van der Waals surface area contributed by atoms with E-state index in [0.29, 0.717) is 0 Å². The van der Waals surface area contributed by atoms with Crippen LogP contribution in [-0.2, 0) is 0 Å². The molecule has 0 saturated heterocycles. The Labute approximate surface area is 172 Å². The van der Waals surface area contributed by atoms with Crippen molar-refractivity contribution in [3.8, 4) is 16.9 Å². The number of para-hydroxylation sites is 2. The van der Waals surface area contributed by atoms with Crippen LogP contribution in [0.5, 0.6) is 0 Å². The van der Waals surface area contributed by atoms with Gasteiger partial charge in [-0.25, -0.2) is 0 Å². The summed E-state index contributed by atoms with van der Waals surface area (Å²) in [6.07, 6.45) is 4.24. The van der Waals surface area contributed by atoms with E-state index in [1.54, 1.807) is 0 Å². The molecule has 0 aliphatic carbocycles. The van der Waals surface area contributed by atoms with E-state index in [-0.39, 0.29) is 0 Å². The number of nitrogens with one attached hydrogen (secondary N) is 1. The second-order valence-corrected chi connectivity index (χ2v) is 7.59. The normalized spacial score (nSPS) is 11.6. The third kappa shape index (κ3) is 2.41. The van der Waals surface area contributed by atoms with Crippen LogP contribution in [0.4, 0.5) is 0 Å². The van der Waals surface area contributed by atoms with Crippen molar-refractivity contribution >= 4 is 38.9 Å². The lowest BCUT2D eigenvalue weighted by molar-refractivity contribution is -0.510. The molecule has 3 heterocycles. The molecule has 138 valence electrons. The quantitative estimate of drug-likeness (QED) is 0.340. The molecule has 3 aromatic heterocycles. The molecule has 6 aromatic rings. The van der Waals surface area contributed by atoms with Gasteiger partial charge in [-0.1, -0.05) is 60.1 Å². The van der Waals surface area contributed by atoms with E-state index in [4.69, 9.17) is 11.6 Å². The average Bonchev–Trinajstić information content (AvgIpc) is 3.33. The van der Waals surface area contributed by atoms with E-state index < -0.39 is 0 Å². The van der Waals surface area contributed by atoms with E-state index in [1.165, 1.54) is 10.8 Å². The van der Waals surface area contributed by atoms with Gasteiger partial charge in [0.25, 0.3) is 6.33 Å². The highest BCUT2D eigenvalue weighted by molar-refractivity contribution is 6.33. The number of fused-ring (bicyclic) bond motifs is 5. The SMILES string of the molecule is Clc1ccccc1-c1c2c3[nH]c4ccccc4c3cc[n+]2cn1-c1ccccc1. The zero-order valence-electron chi connectivity index (χ0n) is 15.5. The van der Waals surface area contributed by atoms with Gasteiger partial charge in [-0.2, -0.15) is 8.97 Å². The van der Waals surface area contributed by atoms with Gasteiger partial charge in [-0.05, 0) is 36.4 Å². The topological polar surface area (TPSA) is 24.8 Å². The number of hydrogen-bond acceptors (Lipinski definition) is 0. The summed E-state index contributed by atoms with van der Waals surface area (Å²) in [4.78, 5) is 3.64. The molecule has 0 spiro atoms. The van der Waals surface area contributed by atoms with Crippen LogP contribution in [0.25, 0.3) is 44.3 Å². The van der Waals surface area contributed by atoms with Gasteiger partial charge >= 0.3 is 0 Å². The average molecular weight is 395 g/mol. The lowest BCUT2D eigenvalue weighted by Crippen LogP contribution is -2.17. The second kappa shape index (κ2) is 6.23. The van der Waals surface area contributed by atoms with Gasteiger partial charge in [0.15, 0.2) is 5.69 Å². The molecule has 3 aromatic carbocycles. The molecule has 0 saturated carbocycles. The van der Waals surface area contributed by atoms with Crippen molar-refractivity contribution in [3.05, 3.63) is 102 Å². The molecule has 0 fully saturated rings. The number of imidazole rings is 1. The van der Waals surface area contributed by atoms with Crippen molar-refractivity contribution < 1.29 is 4.40 Å². The van der Waals surface area contributed by atoms with Gasteiger partial charge in [-0.15, -0.1) is 0 Å². The Morgan fingerprint density at radius 3 is 2.38 bits per heavy atom. The van der Waals surface area contributed by atoms with Crippen molar-refractivity contribution in [2.75, 3.05) is 0 Å². The predicted molar refractivity (Wildman–Crippen MR) is 119 cm³/mol. The van der Waals surface area contributed by atoms with Crippen LogP contribution < -0.4 is 4.40 Å². The fourth-order valence-electron chi connectivity index (χ4n) is 4.21. The monoisotopic (exact) mass is 394 g/mol. The van der Waals surface area contributed by atoms with Crippen LogP contribution in [0.15, 0.2) is 97.5 Å². The van der Waals surface area contributed by atoms with Crippen molar-refractivity contribution in [2.45, 2.75) is 0 Å². The molecule has 0 bridgehead atoms. The Morgan fingerprint density at radius 2 is 1.52 bits per heavy atom. The first-order chi connectivity index (χ1) is 14.3. The maximum absolute atomic E-state index is 6.67. The van der Waals surface area contributed by atoms with Crippen molar-refractivity contribution in [1.29, 1.82) is 0 Å². The Hall–Kier alpha value is -3.56. The van der Waals surface area contributed by atoms with Gasteiger partial charge in [0, 0.05) is 21.9 Å². The summed E-state index contributed by atoms with van der Waals surface area (Å²) < 4.78 is 4.38. The molecule has 29 heavy (non-hydrogen) atoms. The zero-order valence-corrected chi connectivity index (χ0v) is 16.3. The van der Waals surface area contributed by atoms with Crippen LogP contribution in [0.2, 0.25) is 5.02 Å². The first kappa shape index (κ1) is 16.4. The number of aromatic amines is 1. The fourth-order valence-corrected chi connectivity index (χ4v) is 4.44. The summed E-state index contributed by atoms with van der Waals surface area (Å²) >= 11 is 6.67. The first-order valence-corrected chi connectivity index (χ1v) is 9.95. The van der Waals surface area contributed by atoms with Gasteiger partial charge in [-0.3, -0.25) is 0 Å². The van der Waals surface area contributed by atoms with E-state index in [0.717, 1.165) is 38.5 Å². The molecule has 0 aliphatic heterocycles. The first-order valence-electron chi connectivity index (χ1n) is 9.57. The van der Waals surface area contributed by atoms with Gasteiger partial charge in [0.2, 0.25) is 5.52 Å². The molecule has 0 unspecified atom stereocenters. The molecule has 6 rings (SSSR count). The van der Waals surface area contributed by atoms with E-state index >= 15 is 0 Å². The van der Waals surface area contributed by atoms with Crippen LogP contribution in [0, 0.1) is 0 Å². The van der Waals surface area contributed by atoms with E-state index in [2.05, 4.69) is 87.1 Å². The van der Waals surface area contributed by atoms with Crippen molar-refractivity contribution in [2.24, 2.45) is 0 Å². The molecule has 0 radical (unpaired) electrons. The molecule has 1 N–H and O–H groups in total. The largest absolute Gasteiger partial charge is 0.351 e. The molecule has 0 aliphatic rings. The number of pyridine rings is 1. The minimum Gasteiger partial charge on any atom is -0.351 e. The third-order valence-corrected chi connectivity index (χ3v) is 5.84. The molecular formula is C25H17ClN3+. The highest BCUT2D eigenvalue weighted by Gasteiger charge is 2.26. The molecular weight excluding hydrogens is 378 g/mol. The second-order valence-electron chi connectivity index (χ2n) is 7.18. The minimum atomic E-state index is 0.735. The Bertz CT molecular complexity index is 1510. The summed E-state index contributed by atoms with van der Waals surface area (Å²) in [7, 11) is 0. The Morgan fingerprint density at radius 1 is 0.759 bits per heavy atom. The third-order valence-electron chi connectivity index (χ3n) is 5.51. The summed E-state index contributed by atoms with van der Waals surface area (Å²) in [6.45, 7) is 0. The smallest absolute Gasteiger partial charge is 0.254 e. The number of benzene rings is 3. The van der Waals surface area contributed by atoms with Crippen molar-refractivity contribution in [3.63, 3.8) is 0 Å². The summed E-state index contributed by atoms with van der Waals surface area (Å²) in [6, 6.07) is 29.0. The lowest BCUT2D eigenvalue weighted by atomic mass is 10.1. The van der Waals surface area contributed by atoms with Gasteiger partial charge in [0.05, 0.1) is 16.7 Å². The van der Waals surface area contributed by atoms with E-state index in [1.807, 2.05) is 24.3 Å². The number of hydrogen-bond donors (Lipinski definition) is 1. The zero-order chi connectivity index (χ0) is 19.4. The van der Waals surface area contributed by atoms with Gasteiger partial charge < -0.3 is 4.98 Å². The summed E-state index contributed by atoms with van der Waals surface area (Å²) in [5, 5.41) is 3.17. The molecule has 0 amide bonds. The standard InChI is InChI=1S/C25H17ClN3/c26-21-12-6-4-11-20(21)24-25-23-19(18-10-5-7-13-22(18)27-23)14-15-28(25)16-29(24)17-8-2-1-3-9-17/h1-16,27H/q+1. The maximum Gasteiger partial charge on any atom is 0.254 e. The maximum atomic E-state index is 6.67. The summed E-state index contributed by atoms with van der Waals surface area (Å²) in [5.74, 6) is 0. The van der Waals surface area contributed by atoms with Crippen LogP contribution in [0.3, 0.4) is 0 Å². The number of nitrogens with zero attached hydrogens (tertiary/aromatic N) is 2. The van der Waals surface area contributed by atoms with Crippen molar-refractivity contribution in [1.82, 2.24) is 9.55 Å². The molecule has 0 atom stereocenters. The highest BCUT2D eigenvalue weighted by Crippen LogP contribution is 2.36. The Kier molecular flexibility index (Phi) is 3.52. The highest BCUT2D eigenvalue weighted by atomic mass is 35.5. The fraction of sp³-hybridized carbons (Fsp3) is 0. The van der Waals surface area contributed by atoms with Crippen LogP contribution in [0.1, 0.15) is 0 Å². The van der Waals surface area contributed by atoms with Crippen LogP contribution >= 0.6 is 11.6 Å². The van der Waals surface area contributed by atoms with E-state index in [9.17, 15) is 0 Å². The number of rotatable bonds is 2. The Balaban J connectivity index is 1.83. The molecule has 4 heteroatoms. The number of halogens is 1. The molecule has 3 nitrogen and oxygen atoms in total. The number of aromatic nitrogens is 3. The van der Waals surface area contributed by atoms with Gasteiger partial charge in [0.1, 0.15) is 5.69 Å². The van der Waals surface area contributed by atoms with Crippen LogP contribution in [-0.4, -0.2) is 9.55 Å². The predicted octanol–water partition coefficient (Wildman–Crippen LogP) is 6.17. The number of H-pyrrole nitrogens is 1.